The van der Waals surface area contributed by atoms with Crippen LogP contribution in [0, 0.1) is 0 Å². The monoisotopic (exact) mass is 431 g/mol. The quantitative estimate of drug-likeness (QED) is 0.245. The molecule has 4 rings (SSSR count). The van der Waals surface area contributed by atoms with Gasteiger partial charge in [0.05, 0.1) is 11.0 Å². The summed E-state index contributed by atoms with van der Waals surface area (Å²) in [4.78, 5) is 0. The molecule has 0 spiro atoms. The summed E-state index contributed by atoms with van der Waals surface area (Å²) in [6.07, 6.45) is 16.4. The molecule has 1 heteroatoms. The van der Waals surface area contributed by atoms with Crippen molar-refractivity contribution in [1.82, 2.24) is 4.57 Å². The van der Waals surface area contributed by atoms with Crippen LogP contribution in [0.15, 0.2) is 120 Å². The Kier molecular flexibility index (Phi) is 7.42. The van der Waals surface area contributed by atoms with Crippen LogP contribution in [0.4, 0.5) is 0 Å². The van der Waals surface area contributed by atoms with Crippen molar-refractivity contribution in [3.05, 3.63) is 126 Å². The number of benzene rings is 3. The molecule has 33 heavy (non-hydrogen) atoms. The molecule has 4 aromatic rings. The lowest BCUT2D eigenvalue weighted by molar-refractivity contribution is 1.10. The first-order valence-electron chi connectivity index (χ1n) is 12.0. The lowest BCUT2D eigenvalue weighted by Gasteiger charge is -2.09. The van der Waals surface area contributed by atoms with E-state index >= 15 is 0 Å². The Labute approximate surface area is 198 Å². The van der Waals surface area contributed by atoms with Crippen molar-refractivity contribution in [2.45, 2.75) is 40.0 Å². The summed E-state index contributed by atoms with van der Waals surface area (Å²) >= 11 is 0. The third-order valence-electron chi connectivity index (χ3n) is 6.06. The predicted molar refractivity (Wildman–Crippen MR) is 145 cm³/mol. The molecule has 0 N–H and O–H groups in total. The highest BCUT2D eigenvalue weighted by molar-refractivity contribution is 6.09. The van der Waals surface area contributed by atoms with Crippen molar-refractivity contribution in [1.29, 1.82) is 0 Å². The maximum atomic E-state index is 2.38. The predicted octanol–water partition coefficient (Wildman–Crippen LogP) is 9.13. The highest BCUT2D eigenvalue weighted by atomic mass is 15.0. The number of hydrogen-bond acceptors (Lipinski definition) is 0. The second kappa shape index (κ2) is 10.8. The van der Waals surface area contributed by atoms with E-state index in [-0.39, 0.29) is 0 Å². The summed E-state index contributed by atoms with van der Waals surface area (Å²) in [5.74, 6) is 0. The van der Waals surface area contributed by atoms with E-state index in [1.54, 1.807) is 0 Å². The van der Waals surface area contributed by atoms with E-state index in [0.717, 1.165) is 19.3 Å². The molecule has 0 fully saturated rings. The smallest absolute Gasteiger partial charge is 0.0541 e. The summed E-state index contributed by atoms with van der Waals surface area (Å²) < 4.78 is 2.38. The van der Waals surface area contributed by atoms with Crippen LogP contribution in [0.3, 0.4) is 0 Å². The number of fused-ring (bicyclic) bond motifs is 3. The fourth-order valence-corrected chi connectivity index (χ4v) is 4.54. The van der Waals surface area contributed by atoms with E-state index in [1.807, 2.05) is 0 Å². The molecule has 3 aromatic carbocycles. The number of allylic oxidation sites excluding steroid dienone is 8. The fourth-order valence-electron chi connectivity index (χ4n) is 4.54. The third-order valence-corrected chi connectivity index (χ3v) is 6.06. The first kappa shape index (κ1) is 22.6. The molecule has 1 heterocycles. The average molecular weight is 432 g/mol. The second-order valence-corrected chi connectivity index (χ2v) is 8.29. The number of para-hydroxylation sites is 2. The topological polar surface area (TPSA) is 4.93 Å². The van der Waals surface area contributed by atoms with Gasteiger partial charge in [-0.3, -0.25) is 0 Å². The van der Waals surface area contributed by atoms with E-state index in [2.05, 4.69) is 135 Å². The summed E-state index contributed by atoms with van der Waals surface area (Å²) in [5.41, 5.74) is 7.74. The molecule has 1 aromatic heterocycles. The summed E-state index contributed by atoms with van der Waals surface area (Å²) in [7, 11) is 0. The van der Waals surface area contributed by atoms with Crippen molar-refractivity contribution in [2.24, 2.45) is 0 Å². The van der Waals surface area contributed by atoms with Gasteiger partial charge >= 0.3 is 0 Å². The summed E-state index contributed by atoms with van der Waals surface area (Å²) in [5, 5.41) is 2.60. The minimum absolute atomic E-state index is 0.912. The van der Waals surface area contributed by atoms with Gasteiger partial charge in [-0.15, -0.1) is 0 Å². The van der Waals surface area contributed by atoms with Gasteiger partial charge in [-0.05, 0) is 67.2 Å². The van der Waals surface area contributed by atoms with Gasteiger partial charge in [0, 0.05) is 16.5 Å². The van der Waals surface area contributed by atoms with Gasteiger partial charge in [-0.2, -0.15) is 0 Å². The average Bonchev–Trinajstić information content (AvgIpc) is 3.19. The molecule has 0 atom stereocenters. The molecular formula is C32H33N. The van der Waals surface area contributed by atoms with Gasteiger partial charge in [0.1, 0.15) is 0 Å². The van der Waals surface area contributed by atoms with Gasteiger partial charge in [0.15, 0.2) is 0 Å². The molecule has 0 bridgehead atoms. The molecular weight excluding hydrogens is 398 g/mol. The molecule has 0 amide bonds. The minimum Gasteiger partial charge on any atom is -0.309 e. The minimum atomic E-state index is 0.912. The first-order chi connectivity index (χ1) is 16.3. The molecule has 0 aliphatic heterocycles. The van der Waals surface area contributed by atoms with Crippen molar-refractivity contribution in [2.75, 3.05) is 0 Å². The molecule has 0 saturated carbocycles. The van der Waals surface area contributed by atoms with Gasteiger partial charge < -0.3 is 4.57 Å². The van der Waals surface area contributed by atoms with Crippen LogP contribution in [0.1, 0.15) is 39.2 Å². The van der Waals surface area contributed by atoms with E-state index in [4.69, 9.17) is 0 Å². The maximum absolute atomic E-state index is 2.38. The van der Waals surface area contributed by atoms with Gasteiger partial charge in [0.2, 0.25) is 0 Å². The standard InChI is InChI=1S/C32H33N/c1-4-14-27(15-5-2)26(6-3)18-8-7-16-25-17-13-19-28(24-25)33-31-22-11-9-20-29(31)30-21-10-12-23-32(30)33/h4,7-15,17-24H,5-6,16H2,1-3H3/b8-7-,14-4-,26-18+,27-15+. The summed E-state index contributed by atoms with van der Waals surface area (Å²) in [6.45, 7) is 6.50. The summed E-state index contributed by atoms with van der Waals surface area (Å²) in [6, 6.07) is 26.3. The van der Waals surface area contributed by atoms with Crippen molar-refractivity contribution in [3.8, 4) is 5.69 Å². The van der Waals surface area contributed by atoms with Crippen LogP contribution in [0.2, 0.25) is 0 Å². The van der Waals surface area contributed by atoms with Crippen LogP contribution in [-0.2, 0) is 6.42 Å². The zero-order valence-electron chi connectivity index (χ0n) is 20.0. The van der Waals surface area contributed by atoms with Gasteiger partial charge in [0.25, 0.3) is 0 Å². The lowest BCUT2D eigenvalue weighted by atomic mass is 10.0. The Morgan fingerprint density at radius 2 is 1.55 bits per heavy atom. The Morgan fingerprint density at radius 3 is 2.18 bits per heavy atom. The Hall–Kier alpha value is -3.58. The highest BCUT2D eigenvalue weighted by Crippen LogP contribution is 2.31. The number of hydrogen-bond donors (Lipinski definition) is 0. The maximum Gasteiger partial charge on any atom is 0.0541 e. The SMILES string of the molecule is C\C=C/C(=C\CC)C(=C/C=C\Cc1cccc(-n2c3ccccc3c3ccccc32)c1)/CC. The van der Waals surface area contributed by atoms with Crippen molar-refractivity contribution in [3.63, 3.8) is 0 Å². The van der Waals surface area contributed by atoms with E-state index in [0.29, 0.717) is 0 Å². The molecule has 0 aliphatic rings. The van der Waals surface area contributed by atoms with Crippen molar-refractivity contribution < 1.29 is 0 Å². The molecule has 0 saturated heterocycles. The highest BCUT2D eigenvalue weighted by Gasteiger charge is 2.11. The van der Waals surface area contributed by atoms with Crippen LogP contribution in [0.25, 0.3) is 27.5 Å². The molecule has 1 nitrogen and oxygen atoms in total. The zero-order chi connectivity index (χ0) is 23.0. The van der Waals surface area contributed by atoms with Crippen LogP contribution < -0.4 is 0 Å². The lowest BCUT2D eigenvalue weighted by Crippen LogP contribution is -1.95. The largest absolute Gasteiger partial charge is 0.309 e. The molecule has 0 aliphatic carbocycles. The van der Waals surface area contributed by atoms with Crippen LogP contribution >= 0.6 is 0 Å². The fraction of sp³-hybridized carbons (Fsp3) is 0.188. The zero-order valence-corrected chi connectivity index (χ0v) is 20.0. The van der Waals surface area contributed by atoms with E-state index < -0.39 is 0 Å². The Bertz CT molecular complexity index is 1300. The first-order valence-corrected chi connectivity index (χ1v) is 12.0. The number of nitrogens with zero attached hydrogens (tertiary/aromatic N) is 1. The van der Waals surface area contributed by atoms with E-state index in [9.17, 15) is 0 Å². The molecule has 0 radical (unpaired) electrons. The van der Waals surface area contributed by atoms with Crippen LogP contribution in [0.5, 0.6) is 0 Å². The number of aromatic nitrogens is 1. The second-order valence-electron chi connectivity index (χ2n) is 8.29. The van der Waals surface area contributed by atoms with Crippen molar-refractivity contribution >= 4 is 21.8 Å². The van der Waals surface area contributed by atoms with Gasteiger partial charge in [-0.1, -0.05) is 98.8 Å². The number of rotatable bonds is 8. The Balaban J connectivity index is 1.63. The Morgan fingerprint density at radius 1 is 0.848 bits per heavy atom. The third kappa shape index (κ3) is 4.93. The van der Waals surface area contributed by atoms with Gasteiger partial charge in [-0.25, -0.2) is 0 Å². The molecule has 0 unspecified atom stereocenters. The van der Waals surface area contributed by atoms with E-state index in [1.165, 1.54) is 44.2 Å². The normalized spacial score (nSPS) is 13.2. The van der Waals surface area contributed by atoms with Crippen LogP contribution in [-0.4, -0.2) is 4.57 Å². The molecule has 166 valence electrons.